The molecule has 0 radical (unpaired) electrons. The lowest BCUT2D eigenvalue weighted by molar-refractivity contribution is 0.257. The molecular weight excluding hydrogens is 128 g/mol. The number of rotatable bonds is 3. The summed E-state index contributed by atoms with van der Waals surface area (Å²) in [7, 11) is 0. The van der Waals surface area contributed by atoms with E-state index in [1.807, 2.05) is 20.8 Å². The molecule has 0 saturated heterocycles. The Hall–Kier alpha value is -0.570. The first kappa shape index (κ1) is 9.43. The van der Waals surface area contributed by atoms with E-state index in [1.165, 1.54) is 0 Å². The molecule has 0 rings (SSSR count). The molecule has 0 fully saturated rings. The molecule has 0 saturated carbocycles. The second-order valence-corrected chi connectivity index (χ2v) is 2.88. The molecule has 60 valence electrons. The number of nitrogens with one attached hydrogen (secondary N) is 1. The Bertz CT molecular complexity index is 121. The Morgan fingerprint density at radius 3 is 2.40 bits per heavy atom. The van der Waals surface area contributed by atoms with E-state index in [4.69, 9.17) is 15.9 Å². The van der Waals surface area contributed by atoms with Crippen LogP contribution in [-0.4, -0.2) is 12.6 Å². The van der Waals surface area contributed by atoms with Crippen LogP contribution in [0.2, 0.25) is 0 Å². The van der Waals surface area contributed by atoms with Gasteiger partial charge in [0.15, 0.2) is 5.90 Å². The van der Waals surface area contributed by atoms with Crippen LogP contribution in [0.25, 0.3) is 0 Å². The summed E-state index contributed by atoms with van der Waals surface area (Å²) in [6.07, 6.45) is 0.895. The monoisotopic (exact) mass is 144 g/mol. The Labute approximate surface area is 62.1 Å². The first-order chi connectivity index (χ1) is 4.54. The lowest BCUT2D eigenvalue weighted by Gasteiger charge is -2.22. The van der Waals surface area contributed by atoms with Gasteiger partial charge in [0, 0.05) is 5.41 Å². The van der Waals surface area contributed by atoms with E-state index < -0.39 is 0 Å². The lowest BCUT2D eigenvalue weighted by atomic mass is 9.90. The zero-order valence-corrected chi connectivity index (χ0v) is 6.90. The third-order valence-electron chi connectivity index (χ3n) is 1.73. The minimum absolute atomic E-state index is 0.0995. The first-order valence-corrected chi connectivity index (χ1v) is 3.46. The molecule has 0 aromatic heterocycles. The van der Waals surface area contributed by atoms with E-state index in [1.54, 1.807) is 0 Å². The van der Waals surface area contributed by atoms with Crippen molar-refractivity contribution >= 4 is 5.90 Å². The summed E-state index contributed by atoms with van der Waals surface area (Å²) in [6.45, 7) is 6.05. The van der Waals surface area contributed by atoms with Crippen molar-refractivity contribution in [2.24, 2.45) is 11.1 Å². The molecule has 0 atom stereocenters. The predicted octanol–water partition coefficient (Wildman–Crippen LogP) is 1.33. The fourth-order valence-corrected chi connectivity index (χ4v) is 0.439. The fourth-order valence-electron chi connectivity index (χ4n) is 0.439. The normalized spacial score (nSPS) is 11.2. The van der Waals surface area contributed by atoms with Crippen molar-refractivity contribution < 1.29 is 4.74 Å². The Morgan fingerprint density at radius 2 is 2.10 bits per heavy atom. The van der Waals surface area contributed by atoms with Gasteiger partial charge in [0.2, 0.25) is 0 Å². The van der Waals surface area contributed by atoms with E-state index in [9.17, 15) is 0 Å². The molecule has 3 heteroatoms. The van der Waals surface area contributed by atoms with Crippen molar-refractivity contribution in [2.75, 3.05) is 6.73 Å². The van der Waals surface area contributed by atoms with E-state index in [2.05, 4.69) is 0 Å². The van der Waals surface area contributed by atoms with Gasteiger partial charge in [0.1, 0.15) is 6.73 Å². The van der Waals surface area contributed by atoms with Gasteiger partial charge in [-0.15, -0.1) is 0 Å². The molecule has 0 aromatic rings. The molecular formula is C7H16N2O. The summed E-state index contributed by atoms with van der Waals surface area (Å²) < 4.78 is 4.86. The molecule has 0 aliphatic heterocycles. The number of hydrogen-bond donors (Lipinski definition) is 2. The largest absolute Gasteiger partial charge is 0.465 e. The number of ether oxygens (including phenoxy) is 1. The molecule has 0 amide bonds. The van der Waals surface area contributed by atoms with Gasteiger partial charge in [0.05, 0.1) is 0 Å². The van der Waals surface area contributed by atoms with Crippen molar-refractivity contribution in [1.29, 1.82) is 5.41 Å². The first-order valence-electron chi connectivity index (χ1n) is 3.46. The van der Waals surface area contributed by atoms with Crippen molar-refractivity contribution in [2.45, 2.75) is 27.2 Å². The number of hydrogen-bond acceptors (Lipinski definition) is 3. The maximum Gasteiger partial charge on any atom is 0.187 e. The third-order valence-corrected chi connectivity index (χ3v) is 1.73. The molecule has 3 nitrogen and oxygen atoms in total. The molecule has 0 heterocycles. The quantitative estimate of drug-likeness (QED) is 0.356. The molecule has 0 aromatic carbocycles. The average Bonchev–Trinajstić information content (AvgIpc) is 1.89. The van der Waals surface area contributed by atoms with Gasteiger partial charge in [-0.1, -0.05) is 20.8 Å². The van der Waals surface area contributed by atoms with Crippen LogP contribution >= 0.6 is 0 Å². The molecule has 0 spiro atoms. The summed E-state index contributed by atoms with van der Waals surface area (Å²) >= 11 is 0. The predicted molar refractivity (Wildman–Crippen MR) is 41.9 cm³/mol. The minimum atomic E-state index is -0.167. The van der Waals surface area contributed by atoms with Gasteiger partial charge in [-0.05, 0) is 6.42 Å². The molecule has 0 unspecified atom stereocenters. The Balaban J connectivity index is 3.91. The lowest BCUT2D eigenvalue weighted by Crippen LogP contribution is -2.27. The second kappa shape index (κ2) is 3.56. The van der Waals surface area contributed by atoms with Crippen molar-refractivity contribution in [3.63, 3.8) is 0 Å². The summed E-state index contributed by atoms with van der Waals surface area (Å²) in [6, 6.07) is 0. The maximum atomic E-state index is 7.39. The maximum absolute atomic E-state index is 7.39. The molecule has 10 heavy (non-hydrogen) atoms. The summed E-state index contributed by atoms with van der Waals surface area (Å²) in [5, 5.41) is 7.39. The topological polar surface area (TPSA) is 59.1 Å². The van der Waals surface area contributed by atoms with Crippen LogP contribution in [-0.2, 0) is 4.74 Å². The van der Waals surface area contributed by atoms with Gasteiger partial charge in [0.25, 0.3) is 0 Å². The summed E-state index contributed by atoms with van der Waals surface area (Å²) in [5.41, 5.74) is 4.95. The third kappa shape index (κ3) is 2.35. The summed E-state index contributed by atoms with van der Waals surface area (Å²) in [5.74, 6) is 0.275. The highest BCUT2D eigenvalue weighted by atomic mass is 16.5. The van der Waals surface area contributed by atoms with Gasteiger partial charge in [-0.2, -0.15) is 0 Å². The van der Waals surface area contributed by atoms with Crippen molar-refractivity contribution in [3.05, 3.63) is 0 Å². The highest BCUT2D eigenvalue weighted by molar-refractivity contribution is 5.78. The second-order valence-electron chi connectivity index (χ2n) is 2.88. The Kier molecular flexibility index (Phi) is 3.36. The fraction of sp³-hybridized carbons (Fsp3) is 0.857. The van der Waals surface area contributed by atoms with Crippen LogP contribution in [0.3, 0.4) is 0 Å². The summed E-state index contributed by atoms with van der Waals surface area (Å²) in [4.78, 5) is 0. The Morgan fingerprint density at radius 1 is 1.60 bits per heavy atom. The van der Waals surface area contributed by atoms with E-state index >= 15 is 0 Å². The SMILES string of the molecule is CCC(C)(C)C(=N)OCN. The highest BCUT2D eigenvalue weighted by Crippen LogP contribution is 2.21. The van der Waals surface area contributed by atoms with E-state index in [0.717, 1.165) is 6.42 Å². The van der Waals surface area contributed by atoms with E-state index in [0.29, 0.717) is 0 Å². The van der Waals surface area contributed by atoms with Gasteiger partial charge < -0.3 is 4.74 Å². The van der Waals surface area contributed by atoms with Gasteiger partial charge >= 0.3 is 0 Å². The standard InChI is InChI=1S/C7H16N2O/c1-4-7(2,3)6(9)10-5-8/h9H,4-5,8H2,1-3H3. The van der Waals surface area contributed by atoms with Crippen LogP contribution in [0, 0.1) is 10.8 Å². The van der Waals surface area contributed by atoms with Gasteiger partial charge in [-0.25, -0.2) is 0 Å². The average molecular weight is 144 g/mol. The van der Waals surface area contributed by atoms with Crippen LogP contribution in [0.4, 0.5) is 0 Å². The zero-order chi connectivity index (χ0) is 8.20. The van der Waals surface area contributed by atoms with Crippen LogP contribution in [0.15, 0.2) is 0 Å². The van der Waals surface area contributed by atoms with Crippen LogP contribution in [0.5, 0.6) is 0 Å². The molecule has 0 bridgehead atoms. The molecule has 0 aliphatic carbocycles. The van der Waals surface area contributed by atoms with Crippen LogP contribution < -0.4 is 5.73 Å². The van der Waals surface area contributed by atoms with Crippen LogP contribution in [0.1, 0.15) is 27.2 Å². The number of nitrogens with two attached hydrogens (primary N) is 1. The smallest absolute Gasteiger partial charge is 0.187 e. The van der Waals surface area contributed by atoms with Crippen molar-refractivity contribution in [1.82, 2.24) is 0 Å². The van der Waals surface area contributed by atoms with Crippen molar-refractivity contribution in [3.8, 4) is 0 Å². The van der Waals surface area contributed by atoms with E-state index in [-0.39, 0.29) is 18.0 Å². The van der Waals surface area contributed by atoms with Gasteiger partial charge in [-0.3, -0.25) is 11.1 Å². The molecule has 3 N–H and O–H groups in total. The minimum Gasteiger partial charge on any atom is -0.465 e. The molecule has 0 aliphatic rings. The zero-order valence-electron chi connectivity index (χ0n) is 6.90. The highest BCUT2D eigenvalue weighted by Gasteiger charge is 2.22.